The van der Waals surface area contributed by atoms with Gasteiger partial charge in [0.25, 0.3) is 0 Å². The lowest BCUT2D eigenvalue weighted by Crippen LogP contribution is -2.41. The first-order valence-corrected chi connectivity index (χ1v) is 12.5. The van der Waals surface area contributed by atoms with Gasteiger partial charge in [-0.15, -0.1) is 0 Å². The minimum Gasteiger partial charge on any atom is -0.526 e. The molecule has 4 rings (SSSR count). The Morgan fingerprint density at radius 2 is 1.03 bits per heavy atom. The van der Waals surface area contributed by atoms with Gasteiger partial charge in [-0.2, -0.15) is 26.3 Å². The Kier molecular flexibility index (Phi) is 8.95. The average molecular weight is 527 g/mol. The molecule has 0 bridgehead atoms. The molecule has 2 fully saturated rings. The quantitative estimate of drug-likeness (QED) is 0.301. The second-order valence-corrected chi connectivity index (χ2v) is 9.85. The zero-order chi connectivity index (χ0) is 26.5. The summed E-state index contributed by atoms with van der Waals surface area (Å²) in [5.41, 5.74) is 1.81. The van der Waals surface area contributed by atoms with E-state index in [2.05, 4.69) is 0 Å². The molecule has 0 aromatic heterocycles. The fourth-order valence-corrected chi connectivity index (χ4v) is 4.93. The number of likely N-dealkylation sites (tertiary alicyclic amines) is 2. The normalized spacial score (nSPS) is 22.0. The van der Waals surface area contributed by atoms with Crippen LogP contribution in [0.5, 0.6) is 11.5 Å². The maximum absolute atomic E-state index is 13.0. The van der Waals surface area contributed by atoms with Crippen molar-refractivity contribution < 1.29 is 35.7 Å². The number of hydrogen-bond donors (Lipinski definition) is 0. The van der Waals surface area contributed by atoms with Crippen molar-refractivity contribution in [3.8, 4) is 11.5 Å². The fraction of sp³-hybridized carbons (Fsp3) is 0.538. The van der Waals surface area contributed by atoms with Crippen LogP contribution in [0.4, 0.5) is 26.3 Å². The molecule has 0 spiro atoms. The van der Waals surface area contributed by atoms with Crippen molar-refractivity contribution in [2.45, 2.75) is 51.1 Å². The topological polar surface area (TPSA) is 24.9 Å². The molecule has 2 aliphatic rings. The summed E-state index contributed by atoms with van der Waals surface area (Å²) in [4.78, 5) is 3.66. The van der Waals surface area contributed by atoms with Gasteiger partial charge in [-0.05, 0) is 74.2 Å². The number of alkyl halides is 6. The van der Waals surface area contributed by atoms with Gasteiger partial charge in [-0.3, -0.25) is 9.80 Å². The first-order chi connectivity index (χ1) is 17.6. The number of benzene rings is 2. The summed E-state index contributed by atoms with van der Waals surface area (Å²) in [5, 5.41) is 0. The smallest absolute Gasteiger partial charge is 0.526 e. The fourth-order valence-electron chi connectivity index (χ4n) is 4.93. The molecule has 2 atom stereocenters. The second-order valence-electron chi connectivity index (χ2n) is 9.85. The van der Waals surface area contributed by atoms with Crippen LogP contribution in [0.2, 0.25) is 0 Å². The molecule has 2 heterocycles. The van der Waals surface area contributed by atoms with Crippen LogP contribution >= 0.6 is 0 Å². The SMILES string of the molecule is FC(F)(F)C1CCCN(Cc2ccc(O[B]Oc3ccc(CN4CCCC(C(F)(F)F)C4)cc3)cc2)C1. The van der Waals surface area contributed by atoms with Gasteiger partial charge in [0, 0.05) is 26.2 Å². The third kappa shape index (κ3) is 8.30. The summed E-state index contributed by atoms with van der Waals surface area (Å²) >= 11 is 0. The molecule has 0 saturated carbocycles. The van der Waals surface area contributed by atoms with Crippen molar-refractivity contribution >= 4 is 7.69 Å². The van der Waals surface area contributed by atoms with E-state index in [9.17, 15) is 26.3 Å². The van der Waals surface area contributed by atoms with Gasteiger partial charge in [0.2, 0.25) is 0 Å². The third-order valence-corrected chi connectivity index (χ3v) is 6.96. The van der Waals surface area contributed by atoms with Crippen LogP contribution in [0.25, 0.3) is 0 Å². The lowest BCUT2D eigenvalue weighted by Gasteiger charge is -2.33. The Bertz CT molecular complexity index is 905. The second kappa shape index (κ2) is 12.0. The molecule has 37 heavy (non-hydrogen) atoms. The Morgan fingerprint density at radius 1 is 0.649 bits per heavy atom. The summed E-state index contributed by atoms with van der Waals surface area (Å²) in [6.07, 6.45) is -6.86. The molecule has 2 aromatic rings. The van der Waals surface area contributed by atoms with E-state index in [0.29, 0.717) is 50.5 Å². The molecule has 2 unspecified atom stereocenters. The van der Waals surface area contributed by atoms with Gasteiger partial charge in [-0.1, -0.05) is 24.3 Å². The molecule has 2 aromatic carbocycles. The molecule has 0 aliphatic carbocycles. The van der Waals surface area contributed by atoms with Gasteiger partial charge in [-0.25, -0.2) is 0 Å². The molecule has 201 valence electrons. The highest BCUT2D eigenvalue weighted by atomic mass is 19.4. The zero-order valence-electron chi connectivity index (χ0n) is 20.4. The summed E-state index contributed by atoms with van der Waals surface area (Å²) in [6.45, 7) is 2.25. The Hall–Kier alpha value is -2.40. The number of nitrogens with zero attached hydrogens (tertiary/aromatic N) is 2. The van der Waals surface area contributed by atoms with Crippen LogP contribution < -0.4 is 9.31 Å². The van der Waals surface area contributed by atoms with Crippen LogP contribution in [0.1, 0.15) is 36.8 Å². The maximum Gasteiger partial charge on any atom is 0.658 e. The van der Waals surface area contributed by atoms with Gasteiger partial charge >= 0.3 is 20.0 Å². The average Bonchev–Trinajstić information content (AvgIpc) is 2.86. The van der Waals surface area contributed by atoms with E-state index in [0.717, 1.165) is 11.1 Å². The van der Waals surface area contributed by atoms with Crippen molar-refractivity contribution in [3.05, 3.63) is 59.7 Å². The maximum atomic E-state index is 13.0. The standard InChI is InChI=1S/C26H30BF6N2O2/c28-25(29,30)21-3-1-13-34(17-21)15-19-5-9-23(10-6-19)36-27-37-24-11-7-20(8-12-24)16-35-14-2-4-22(18-35)26(31,32)33/h5-12,21-22H,1-4,13-18H2. The molecule has 4 nitrogen and oxygen atoms in total. The number of hydrogen-bond acceptors (Lipinski definition) is 4. The Morgan fingerprint density at radius 3 is 1.38 bits per heavy atom. The van der Waals surface area contributed by atoms with Crippen LogP contribution in [0, 0.1) is 11.8 Å². The van der Waals surface area contributed by atoms with Crippen LogP contribution in [-0.2, 0) is 13.1 Å². The Balaban J connectivity index is 1.19. The van der Waals surface area contributed by atoms with Crippen molar-refractivity contribution in [2.75, 3.05) is 26.2 Å². The van der Waals surface area contributed by atoms with Gasteiger partial charge in [0.15, 0.2) is 0 Å². The van der Waals surface area contributed by atoms with E-state index in [1.165, 1.54) is 7.69 Å². The molecule has 0 N–H and O–H groups in total. The number of piperidine rings is 2. The molecule has 2 saturated heterocycles. The van der Waals surface area contributed by atoms with Crippen LogP contribution in [0.15, 0.2) is 48.5 Å². The zero-order valence-corrected chi connectivity index (χ0v) is 20.4. The van der Waals surface area contributed by atoms with Gasteiger partial charge < -0.3 is 9.31 Å². The largest absolute Gasteiger partial charge is 0.658 e. The highest BCUT2D eigenvalue weighted by Gasteiger charge is 2.42. The predicted molar refractivity (Wildman–Crippen MR) is 128 cm³/mol. The summed E-state index contributed by atoms with van der Waals surface area (Å²) in [6, 6.07) is 14.2. The molecule has 1 radical (unpaired) electrons. The van der Waals surface area contributed by atoms with E-state index in [4.69, 9.17) is 9.31 Å². The van der Waals surface area contributed by atoms with E-state index >= 15 is 0 Å². The first-order valence-electron chi connectivity index (χ1n) is 12.5. The van der Waals surface area contributed by atoms with Gasteiger partial charge in [0.05, 0.1) is 11.8 Å². The van der Waals surface area contributed by atoms with Crippen molar-refractivity contribution in [2.24, 2.45) is 11.8 Å². The highest BCUT2D eigenvalue weighted by molar-refractivity contribution is 6.20. The van der Waals surface area contributed by atoms with E-state index < -0.39 is 24.2 Å². The predicted octanol–water partition coefficient (Wildman–Crippen LogP) is 6.23. The Labute approximate surface area is 213 Å². The molecule has 11 heteroatoms. The number of halogens is 6. The molecular weight excluding hydrogens is 497 g/mol. The van der Waals surface area contributed by atoms with Crippen molar-refractivity contribution in [3.63, 3.8) is 0 Å². The van der Waals surface area contributed by atoms with Crippen LogP contribution in [0.3, 0.4) is 0 Å². The summed E-state index contributed by atoms with van der Waals surface area (Å²) in [7, 11) is 1.18. The lowest BCUT2D eigenvalue weighted by molar-refractivity contribution is -0.187. The van der Waals surface area contributed by atoms with E-state index in [1.54, 1.807) is 24.3 Å². The van der Waals surface area contributed by atoms with Crippen molar-refractivity contribution in [1.82, 2.24) is 9.80 Å². The van der Waals surface area contributed by atoms with Gasteiger partial charge in [0.1, 0.15) is 11.5 Å². The summed E-state index contributed by atoms with van der Waals surface area (Å²) < 4.78 is 89.1. The van der Waals surface area contributed by atoms with Crippen LogP contribution in [-0.4, -0.2) is 56.0 Å². The van der Waals surface area contributed by atoms with E-state index in [1.807, 2.05) is 34.1 Å². The molecule has 2 aliphatic heterocycles. The first kappa shape index (κ1) is 27.6. The number of rotatable bonds is 8. The monoisotopic (exact) mass is 527 g/mol. The lowest BCUT2D eigenvalue weighted by atomic mass is 9.97. The molecule has 0 amide bonds. The van der Waals surface area contributed by atoms with Crippen molar-refractivity contribution in [1.29, 1.82) is 0 Å². The third-order valence-electron chi connectivity index (χ3n) is 6.96. The van der Waals surface area contributed by atoms with E-state index in [-0.39, 0.29) is 25.9 Å². The summed E-state index contributed by atoms with van der Waals surface area (Å²) in [5.74, 6) is -1.49. The highest BCUT2D eigenvalue weighted by Crippen LogP contribution is 2.34. The molecular formula is C26H30BF6N2O2. The minimum atomic E-state index is -4.15. The minimum absolute atomic E-state index is 0.0221.